The molecular weight excluding hydrogens is 596 g/mol. The fourth-order valence-electron chi connectivity index (χ4n) is 6.11. The number of rotatable bonds is 10. The van der Waals surface area contributed by atoms with Crippen molar-refractivity contribution in [2.45, 2.75) is 77.9 Å². The number of aliphatic hydroxyl groups is 1. The number of ether oxygens (including phenoxy) is 3. The molecule has 1 aromatic heterocycles. The van der Waals surface area contributed by atoms with Crippen molar-refractivity contribution in [2.24, 2.45) is 0 Å². The predicted octanol–water partition coefficient (Wildman–Crippen LogP) is 1.58. The van der Waals surface area contributed by atoms with E-state index in [1.165, 1.54) is 16.6 Å². The standard InChI is InChI=1S/C29H40N4O8S2/c1-20-17-32(2)27-13-26(16-31-28(27)41-20)43(37,38)33-10-8-29(9-11-33)14-21(18-40-29)30-15-22(34)19-39-23-4-3-5-25(12-23)42(35,36)24-6-7-24/h3-5,12-13,16,20-22,24,30,34H,6-11,14-15,17-19H2,1-2H3/t20-,21-,22?/m1/s1. The number of pyridine rings is 1. The normalized spacial score (nSPS) is 24.9. The number of benzene rings is 1. The van der Waals surface area contributed by atoms with Crippen LogP contribution in [-0.2, 0) is 24.6 Å². The Bertz CT molecular complexity index is 1540. The van der Waals surface area contributed by atoms with E-state index in [0.717, 1.165) is 6.42 Å². The molecule has 1 aromatic carbocycles. The molecule has 3 fully saturated rings. The van der Waals surface area contributed by atoms with Gasteiger partial charge in [-0.1, -0.05) is 6.07 Å². The summed E-state index contributed by atoms with van der Waals surface area (Å²) in [5.41, 5.74) is 0.264. The molecule has 2 saturated heterocycles. The number of sulfonamides is 1. The van der Waals surface area contributed by atoms with Crippen LogP contribution in [0.25, 0.3) is 0 Å². The SMILES string of the molecule is C[C@@H]1CN(C)c2cc(S(=O)(=O)N3CCC4(CC3)C[C@@H](NCC(O)COc3cccc(S(=O)(=O)C5CC5)c3)CO4)cnc2O1. The van der Waals surface area contributed by atoms with Crippen LogP contribution in [-0.4, -0.2) is 107 Å². The fraction of sp³-hybridized carbons (Fsp3) is 0.621. The summed E-state index contributed by atoms with van der Waals surface area (Å²) in [5.74, 6) is 0.854. The summed E-state index contributed by atoms with van der Waals surface area (Å²) < 4.78 is 71.1. The highest BCUT2D eigenvalue weighted by Crippen LogP contribution is 2.39. The largest absolute Gasteiger partial charge is 0.491 e. The van der Waals surface area contributed by atoms with Crippen molar-refractivity contribution < 1.29 is 36.2 Å². The van der Waals surface area contributed by atoms with Gasteiger partial charge < -0.3 is 29.5 Å². The zero-order chi connectivity index (χ0) is 30.4. The second-order valence-corrected chi connectivity index (χ2v) is 16.4. The molecule has 4 aliphatic rings. The molecule has 1 unspecified atom stereocenters. The molecule has 14 heteroatoms. The molecule has 4 heterocycles. The highest BCUT2D eigenvalue weighted by Gasteiger charge is 2.45. The van der Waals surface area contributed by atoms with E-state index in [0.29, 0.717) is 69.2 Å². The Hall–Kier alpha value is -2.49. The smallest absolute Gasteiger partial charge is 0.244 e. The van der Waals surface area contributed by atoms with E-state index < -0.39 is 31.6 Å². The summed E-state index contributed by atoms with van der Waals surface area (Å²) in [6, 6.07) is 8.09. The lowest BCUT2D eigenvalue weighted by Gasteiger charge is -2.38. The van der Waals surface area contributed by atoms with Crippen molar-refractivity contribution in [3.05, 3.63) is 36.5 Å². The molecule has 0 amide bonds. The highest BCUT2D eigenvalue weighted by atomic mass is 32.2. The van der Waals surface area contributed by atoms with Gasteiger partial charge in [0.2, 0.25) is 15.9 Å². The molecule has 2 aromatic rings. The lowest BCUT2D eigenvalue weighted by atomic mass is 9.88. The van der Waals surface area contributed by atoms with Crippen LogP contribution in [0.4, 0.5) is 5.69 Å². The van der Waals surface area contributed by atoms with E-state index >= 15 is 0 Å². The minimum absolute atomic E-state index is 0.0178. The van der Waals surface area contributed by atoms with Gasteiger partial charge in [0, 0.05) is 32.7 Å². The number of anilines is 1. The summed E-state index contributed by atoms with van der Waals surface area (Å²) in [6.45, 7) is 4.08. The maximum atomic E-state index is 13.5. The van der Waals surface area contributed by atoms with Gasteiger partial charge in [0.05, 0.1) is 35.1 Å². The minimum atomic E-state index is -3.72. The average Bonchev–Trinajstić information content (AvgIpc) is 3.78. The Morgan fingerprint density at radius 2 is 1.93 bits per heavy atom. The Balaban J connectivity index is 0.970. The van der Waals surface area contributed by atoms with Gasteiger partial charge in [0.15, 0.2) is 9.84 Å². The van der Waals surface area contributed by atoms with Crippen molar-refractivity contribution in [1.82, 2.24) is 14.6 Å². The van der Waals surface area contributed by atoms with Crippen molar-refractivity contribution in [1.29, 1.82) is 0 Å². The van der Waals surface area contributed by atoms with Crippen molar-refractivity contribution >= 4 is 25.5 Å². The molecule has 3 aliphatic heterocycles. The monoisotopic (exact) mass is 636 g/mol. The first kappa shape index (κ1) is 30.5. The predicted molar refractivity (Wildman–Crippen MR) is 159 cm³/mol. The molecule has 2 N–H and O–H groups in total. The van der Waals surface area contributed by atoms with E-state index in [-0.39, 0.29) is 40.3 Å². The summed E-state index contributed by atoms with van der Waals surface area (Å²) in [6.07, 6.45) is 3.82. The Labute approximate surface area is 253 Å². The zero-order valence-electron chi connectivity index (χ0n) is 24.5. The van der Waals surface area contributed by atoms with Crippen molar-refractivity contribution in [3.63, 3.8) is 0 Å². The number of piperidine rings is 1. The van der Waals surface area contributed by atoms with Crippen molar-refractivity contribution in [3.8, 4) is 11.6 Å². The summed E-state index contributed by atoms with van der Waals surface area (Å²) in [7, 11) is -5.13. The lowest BCUT2D eigenvalue weighted by molar-refractivity contribution is -0.0312. The zero-order valence-corrected chi connectivity index (χ0v) is 26.1. The van der Waals surface area contributed by atoms with Gasteiger partial charge in [-0.15, -0.1) is 0 Å². The molecule has 1 spiro atoms. The van der Waals surface area contributed by atoms with E-state index in [4.69, 9.17) is 14.2 Å². The van der Waals surface area contributed by atoms with Gasteiger partial charge in [0.25, 0.3) is 0 Å². The van der Waals surface area contributed by atoms with Gasteiger partial charge in [-0.25, -0.2) is 21.8 Å². The average molecular weight is 637 g/mol. The van der Waals surface area contributed by atoms with Crippen LogP contribution in [0, 0.1) is 0 Å². The Morgan fingerprint density at radius 3 is 2.67 bits per heavy atom. The number of fused-ring (bicyclic) bond motifs is 1. The highest BCUT2D eigenvalue weighted by molar-refractivity contribution is 7.92. The first-order chi connectivity index (χ1) is 20.4. The number of aromatic nitrogens is 1. The van der Waals surface area contributed by atoms with Crippen LogP contribution in [0.1, 0.15) is 39.0 Å². The molecule has 0 bridgehead atoms. The quantitative estimate of drug-likeness (QED) is 0.392. The van der Waals surface area contributed by atoms with Gasteiger partial charge >= 0.3 is 0 Å². The minimum Gasteiger partial charge on any atom is -0.491 e. The van der Waals surface area contributed by atoms with E-state index in [1.54, 1.807) is 24.3 Å². The van der Waals surface area contributed by atoms with Crippen LogP contribution in [0.15, 0.2) is 46.3 Å². The van der Waals surface area contributed by atoms with Crippen LogP contribution >= 0.6 is 0 Å². The first-order valence-corrected chi connectivity index (χ1v) is 17.8. The number of nitrogens with zero attached hydrogens (tertiary/aromatic N) is 3. The molecule has 1 aliphatic carbocycles. The summed E-state index contributed by atoms with van der Waals surface area (Å²) in [4.78, 5) is 6.67. The Kier molecular flexibility index (Phi) is 8.37. The van der Waals surface area contributed by atoms with Crippen LogP contribution < -0.4 is 19.7 Å². The molecule has 1 saturated carbocycles. The van der Waals surface area contributed by atoms with E-state index in [2.05, 4.69) is 10.3 Å². The third-order valence-corrected chi connectivity index (χ3v) is 12.8. The fourth-order valence-corrected chi connectivity index (χ4v) is 9.21. The maximum Gasteiger partial charge on any atom is 0.244 e. The molecule has 236 valence electrons. The van der Waals surface area contributed by atoms with Crippen LogP contribution in [0.2, 0.25) is 0 Å². The van der Waals surface area contributed by atoms with Crippen molar-refractivity contribution in [2.75, 3.05) is 51.3 Å². The van der Waals surface area contributed by atoms with Gasteiger partial charge in [-0.3, -0.25) is 0 Å². The van der Waals surface area contributed by atoms with Gasteiger partial charge in [0.1, 0.15) is 35.1 Å². The van der Waals surface area contributed by atoms with E-state index in [9.17, 15) is 21.9 Å². The molecule has 3 atom stereocenters. The van der Waals surface area contributed by atoms with Crippen LogP contribution in [0.5, 0.6) is 11.6 Å². The summed E-state index contributed by atoms with van der Waals surface area (Å²) in [5, 5.41) is 13.6. The number of likely N-dealkylation sites (N-methyl/N-ethyl adjacent to an activating group) is 1. The molecule has 6 rings (SSSR count). The van der Waals surface area contributed by atoms with E-state index in [1.807, 2.05) is 18.9 Å². The molecule has 43 heavy (non-hydrogen) atoms. The first-order valence-electron chi connectivity index (χ1n) is 14.9. The summed E-state index contributed by atoms with van der Waals surface area (Å²) >= 11 is 0. The van der Waals surface area contributed by atoms with Crippen LogP contribution in [0.3, 0.4) is 0 Å². The number of hydrogen-bond acceptors (Lipinski definition) is 11. The molecular formula is C29H40N4O8S2. The number of nitrogens with one attached hydrogen (secondary N) is 1. The molecule has 0 radical (unpaired) electrons. The number of hydrogen-bond donors (Lipinski definition) is 2. The molecule has 12 nitrogen and oxygen atoms in total. The Morgan fingerprint density at radius 1 is 1.16 bits per heavy atom. The second kappa shape index (κ2) is 11.8. The third kappa shape index (κ3) is 6.50. The number of sulfone groups is 1. The second-order valence-electron chi connectivity index (χ2n) is 12.2. The number of aliphatic hydroxyl groups excluding tert-OH is 1. The van der Waals surface area contributed by atoms with Gasteiger partial charge in [-0.05, 0) is 63.3 Å². The lowest BCUT2D eigenvalue weighted by Crippen LogP contribution is -2.47. The topological polar surface area (TPSA) is 148 Å². The third-order valence-electron chi connectivity index (χ3n) is 8.72. The van der Waals surface area contributed by atoms with Gasteiger partial charge in [-0.2, -0.15) is 4.31 Å². The maximum absolute atomic E-state index is 13.5.